The molecule has 1 amide bonds. The van der Waals surface area contributed by atoms with Crippen molar-refractivity contribution >= 4 is 5.91 Å². The second-order valence-electron chi connectivity index (χ2n) is 4.16. The van der Waals surface area contributed by atoms with Crippen LogP contribution in [0, 0.1) is 0 Å². The van der Waals surface area contributed by atoms with Gasteiger partial charge in [0.25, 0.3) is 11.8 Å². The zero-order valence-corrected chi connectivity index (χ0v) is 12.0. The molecule has 1 aromatic rings. The second kappa shape index (κ2) is 7.07. The maximum absolute atomic E-state index is 13.0. The van der Waals surface area contributed by atoms with E-state index in [0.717, 1.165) is 0 Å². The minimum atomic E-state index is -3.16. The fourth-order valence-corrected chi connectivity index (χ4v) is 1.60. The summed E-state index contributed by atoms with van der Waals surface area (Å²) in [6.45, 7) is -1.69. The molecular weight excluding hydrogens is 286 g/mol. The minimum absolute atomic E-state index is 0.109. The number of nitrogens with one attached hydrogen (secondary N) is 1. The Hall–Kier alpha value is -2.09. The molecule has 0 spiro atoms. The molecule has 0 fully saturated rings. The van der Waals surface area contributed by atoms with E-state index in [1.165, 1.54) is 33.5 Å². The second-order valence-corrected chi connectivity index (χ2v) is 4.16. The van der Waals surface area contributed by atoms with Crippen molar-refractivity contribution in [3.8, 4) is 17.2 Å². The van der Waals surface area contributed by atoms with Crippen LogP contribution in [-0.4, -0.2) is 46.2 Å². The first kappa shape index (κ1) is 17.0. The van der Waals surface area contributed by atoms with Gasteiger partial charge in [0.1, 0.15) is 0 Å². The van der Waals surface area contributed by atoms with E-state index in [1.54, 1.807) is 0 Å². The van der Waals surface area contributed by atoms with E-state index in [0.29, 0.717) is 5.75 Å². The van der Waals surface area contributed by atoms with E-state index in [4.69, 9.17) is 19.9 Å². The van der Waals surface area contributed by atoms with Crippen molar-refractivity contribution in [1.82, 2.24) is 5.32 Å². The number of rotatable bonds is 7. The summed E-state index contributed by atoms with van der Waals surface area (Å²) in [7, 11) is 4.20. The highest BCUT2D eigenvalue weighted by atomic mass is 19.3. The molecule has 0 radical (unpaired) electrons. The van der Waals surface area contributed by atoms with Gasteiger partial charge >= 0.3 is 0 Å². The summed E-state index contributed by atoms with van der Waals surface area (Å²) in [4.78, 5) is 11.9. The smallest absolute Gasteiger partial charge is 0.277 e. The largest absolute Gasteiger partial charge is 0.493 e. The van der Waals surface area contributed by atoms with Crippen LogP contribution in [0.2, 0.25) is 0 Å². The Morgan fingerprint density at radius 2 is 1.71 bits per heavy atom. The van der Waals surface area contributed by atoms with Crippen LogP contribution in [0.4, 0.5) is 8.78 Å². The number of methoxy groups -OCH3 is 3. The summed E-state index contributed by atoms with van der Waals surface area (Å²) in [5.74, 6) is -3.03. The number of halogens is 2. The Balaban J connectivity index is 3.00. The summed E-state index contributed by atoms with van der Waals surface area (Å²) in [6.07, 6.45) is 0. The number of hydrogen-bond acceptors (Lipinski definition) is 5. The number of amides is 1. The predicted octanol–water partition coefficient (Wildman–Crippen LogP) is 1.04. The molecule has 0 saturated heterocycles. The molecule has 118 valence electrons. The maximum atomic E-state index is 13.0. The fourth-order valence-electron chi connectivity index (χ4n) is 1.60. The topological polar surface area (TPSA) is 82.8 Å². The zero-order chi connectivity index (χ0) is 16.0. The van der Waals surface area contributed by atoms with E-state index in [1.807, 2.05) is 0 Å². The fraction of sp³-hybridized carbons (Fsp3) is 0.462. The first-order valence-corrected chi connectivity index (χ1v) is 6.04. The Bertz CT molecular complexity index is 484. The lowest BCUT2D eigenvalue weighted by atomic mass is 10.1. The molecule has 0 unspecified atom stereocenters. The Labute approximate surface area is 121 Å². The molecule has 1 aromatic carbocycles. The van der Waals surface area contributed by atoms with Gasteiger partial charge in [-0.1, -0.05) is 0 Å². The van der Waals surface area contributed by atoms with Crippen molar-refractivity contribution in [2.75, 3.05) is 34.4 Å². The lowest BCUT2D eigenvalue weighted by Crippen LogP contribution is -2.41. The van der Waals surface area contributed by atoms with Gasteiger partial charge in [0.15, 0.2) is 11.5 Å². The van der Waals surface area contributed by atoms with E-state index in [2.05, 4.69) is 5.32 Å². The third-order valence-corrected chi connectivity index (χ3v) is 2.73. The normalized spacial score (nSPS) is 11.0. The van der Waals surface area contributed by atoms with Gasteiger partial charge in [-0.05, 0) is 12.1 Å². The molecule has 0 aliphatic carbocycles. The molecule has 21 heavy (non-hydrogen) atoms. The van der Waals surface area contributed by atoms with Crippen LogP contribution >= 0.6 is 0 Å². The van der Waals surface area contributed by atoms with Crippen LogP contribution in [0.25, 0.3) is 0 Å². The van der Waals surface area contributed by atoms with Crippen LogP contribution in [0.15, 0.2) is 12.1 Å². The van der Waals surface area contributed by atoms with Crippen molar-refractivity contribution in [3.63, 3.8) is 0 Å². The molecule has 0 aliphatic rings. The van der Waals surface area contributed by atoms with Gasteiger partial charge < -0.3 is 25.3 Å². The van der Waals surface area contributed by atoms with E-state index < -0.39 is 24.9 Å². The summed E-state index contributed by atoms with van der Waals surface area (Å²) in [5, 5.41) is 2.11. The summed E-state index contributed by atoms with van der Waals surface area (Å²) in [6, 6.07) is 2.74. The quantitative estimate of drug-likeness (QED) is 0.786. The molecular formula is C13H18F2N2O4. The molecule has 6 nitrogen and oxygen atoms in total. The highest BCUT2D eigenvalue weighted by molar-refractivity contribution is 5.95. The maximum Gasteiger partial charge on any atom is 0.277 e. The first-order valence-electron chi connectivity index (χ1n) is 6.04. The SMILES string of the molecule is COc1cc(C(=O)NCC(F)(F)CN)cc(OC)c1OC. The lowest BCUT2D eigenvalue weighted by Gasteiger charge is -2.16. The molecule has 8 heteroatoms. The van der Waals surface area contributed by atoms with Crippen LogP contribution in [0.5, 0.6) is 17.2 Å². The van der Waals surface area contributed by atoms with Gasteiger partial charge in [0, 0.05) is 5.56 Å². The van der Waals surface area contributed by atoms with Gasteiger partial charge in [-0.25, -0.2) is 8.78 Å². The highest BCUT2D eigenvalue weighted by Crippen LogP contribution is 2.38. The molecule has 0 saturated carbocycles. The average molecular weight is 304 g/mol. The van der Waals surface area contributed by atoms with Crippen molar-refractivity contribution in [3.05, 3.63) is 17.7 Å². The van der Waals surface area contributed by atoms with Crippen molar-refractivity contribution in [1.29, 1.82) is 0 Å². The number of ether oxygens (including phenoxy) is 3. The highest BCUT2D eigenvalue weighted by Gasteiger charge is 2.27. The molecule has 0 aromatic heterocycles. The van der Waals surface area contributed by atoms with Crippen LogP contribution in [0.3, 0.4) is 0 Å². The summed E-state index contributed by atoms with van der Waals surface area (Å²) >= 11 is 0. The van der Waals surface area contributed by atoms with Gasteiger partial charge in [-0.3, -0.25) is 4.79 Å². The number of alkyl halides is 2. The van der Waals surface area contributed by atoms with E-state index in [9.17, 15) is 13.6 Å². The van der Waals surface area contributed by atoms with Gasteiger partial charge in [-0.2, -0.15) is 0 Å². The van der Waals surface area contributed by atoms with Crippen molar-refractivity contribution in [2.24, 2.45) is 5.73 Å². The zero-order valence-electron chi connectivity index (χ0n) is 12.0. The third-order valence-electron chi connectivity index (χ3n) is 2.73. The predicted molar refractivity (Wildman–Crippen MR) is 72.4 cm³/mol. The standard InChI is InChI=1S/C13H18F2N2O4/c1-19-9-4-8(5-10(20-2)11(9)21-3)12(18)17-7-13(14,15)6-16/h4-5H,6-7,16H2,1-3H3,(H,17,18). The van der Waals surface area contributed by atoms with Crippen molar-refractivity contribution < 1.29 is 27.8 Å². The molecule has 1 rings (SSSR count). The molecule has 0 atom stereocenters. The average Bonchev–Trinajstić information content (AvgIpc) is 2.50. The number of hydrogen-bond donors (Lipinski definition) is 2. The van der Waals surface area contributed by atoms with Gasteiger partial charge in [0.2, 0.25) is 5.75 Å². The van der Waals surface area contributed by atoms with Crippen molar-refractivity contribution in [2.45, 2.75) is 5.92 Å². The van der Waals surface area contributed by atoms with Gasteiger partial charge in [-0.15, -0.1) is 0 Å². The number of carbonyl (C=O) groups excluding carboxylic acids is 1. The number of nitrogens with two attached hydrogens (primary N) is 1. The molecule has 0 aliphatic heterocycles. The Kier molecular flexibility index (Phi) is 5.71. The monoisotopic (exact) mass is 304 g/mol. The third kappa shape index (κ3) is 4.19. The molecule has 0 bridgehead atoms. The molecule has 0 heterocycles. The Morgan fingerprint density at radius 1 is 1.19 bits per heavy atom. The van der Waals surface area contributed by atoms with Crippen LogP contribution in [0.1, 0.15) is 10.4 Å². The van der Waals surface area contributed by atoms with Crippen LogP contribution in [-0.2, 0) is 0 Å². The van der Waals surface area contributed by atoms with Crippen LogP contribution < -0.4 is 25.3 Å². The lowest BCUT2D eigenvalue weighted by molar-refractivity contribution is 0.0118. The summed E-state index contributed by atoms with van der Waals surface area (Å²) in [5.41, 5.74) is 5.01. The summed E-state index contributed by atoms with van der Waals surface area (Å²) < 4.78 is 41.3. The van der Waals surface area contributed by atoms with E-state index >= 15 is 0 Å². The minimum Gasteiger partial charge on any atom is -0.493 e. The Morgan fingerprint density at radius 3 is 2.10 bits per heavy atom. The van der Waals surface area contributed by atoms with Gasteiger partial charge in [0.05, 0.1) is 34.4 Å². The number of benzene rings is 1. The first-order chi connectivity index (χ1) is 9.88. The van der Waals surface area contributed by atoms with E-state index in [-0.39, 0.29) is 17.1 Å². The number of carbonyl (C=O) groups is 1. The molecule has 3 N–H and O–H groups in total.